The summed E-state index contributed by atoms with van der Waals surface area (Å²) in [7, 11) is 0. The number of carbonyl (C=O) groups excluding carboxylic acids is 2. The number of amides is 2. The second-order valence-electron chi connectivity index (χ2n) is 7.09. The molecule has 1 unspecified atom stereocenters. The van der Waals surface area contributed by atoms with Gasteiger partial charge in [-0.2, -0.15) is 0 Å². The van der Waals surface area contributed by atoms with Crippen molar-refractivity contribution in [2.75, 3.05) is 13.1 Å². The zero-order valence-corrected chi connectivity index (χ0v) is 15.0. The van der Waals surface area contributed by atoms with Crippen LogP contribution in [-0.2, 0) is 4.79 Å². The first-order valence-corrected chi connectivity index (χ1v) is 9.23. The standard InChI is InChI=1S/C20H27N3O2/c1-3-14(2)21-19(24)12-15-8-10-23(11-9-15)20(25)18-13-16-6-4-5-7-17(16)22-18/h4-7,13-15,22H,3,8-12H2,1-2H3,(H,21,24). The van der Waals surface area contributed by atoms with Gasteiger partial charge in [0.05, 0.1) is 0 Å². The van der Waals surface area contributed by atoms with Crippen molar-refractivity contribution in [1.29, 1.82) is 0 Å². The number of nitrogens with zero attached hydrogens (tertiary/aromatic N) is 1. The zero-order chi connectivity index (χ0) is 17.8. The normalized spacial score (nSPS) is 16.8. The van der Waals surface area contributed by atoms with Gasteiger partial charge in [-0.3, -0.25) is 9.59 Å². The van der Waals surface area contributed by atoms with Gasteiger partial charge in [0, 0.05) is 36.5 Å². The number of aromatic nitrogens is 1. The highest BCUT2D eigenvalue weighted by Gasteiger charge is 2.26. The van der Waals surface area contributed by atoms with Crippen LogP contribution in [-0.4, -0.2) is 40.8 Å². The van der Waals surface area contributed by atoms with E-state index in [9.17, 15) is 9.59 Å². The monoisotopic (exact) mass is 341 g/mol. The van der Waals surface area contributed by atoms with Crippen LogP contribution in [0.1, 0.15) is 50.0 Å². The van der Waals surface area contributed by atoms with E-state index < -0.39 is 0 Å². The number of para-hydroxylation sites is 1. The molecule has 5 heteroatoms. The lowest BCUT2D eigenvalue weighted by molar-refractivity contribution is -0.122. The van der Waals surface area contributed by atoms with Gasteiger partial charge in [-0.25, -0.2) is 0 Å². The lowest BCUT2D eigenvalue weighted by Crippen LogP contribution is -2.40. The van der Waals surface area contributed by atoms with Crippen LogP contribution in [0, 0.1) is 5.92 Å². The summed E-state index contributed by atoms with van der Waals surface area (Å²) in [6.07, 6.45) is 3.29. The van der Waals surface area contributed by atoms with Crippen LogP contribution in [0.25, 0.3) is 10.9 Å². The maximum atomic E-state index is 12.7. The van der Waals surface area contributed by atoms with Crippen molar-refractivity contribution in [3.63, 3.8) is 0 Å². The maximum absolute atomic E-state index is 12.7. The van der Waals surface area contributed by atoms with Crippen LogP contribution in [0.4, 0.5) is 0 Å². The minimum atomic E-state index is 0.0544. The number of rotatable bonds is 5. The van der Waals surface area contributed by atoms with Crippen molar-refractivity contribution in [2.45, 2.75) is 45.6 Å². The molecule has 1 fully saturated rings. The van der Waals surface area contributed by atoms with Crippen molar-refractivity contribution in [2.24, 2.45) is 5.92 Å². The first kappa shape index (κ1) is 17.5. The third kappa shape index (κ3) is 4.21. The van der Waals surface area contributed by atoms with Gasteiger partial charge in [-0.05, 0) is 44.2 Å². The average molecular weight is 341 g/mol. The topological polar surface area (TPSA) is 65.2 Å². The van der Waals surface area contributed by atoms with Gasteiger partial charge in [0.2, 0.25) is 5.91 Å². The van der Waals surface area contributed by atoms with E-state index >= 15 is 0 Å². The number of benzene rings is 1. The number of piperidine rings is 1. The van der Waals surface area contributed by atoms with E-state index in [0.29, 0.717) is 18.0 Å². The van der Waals surface area contributed by atoms with Crippen LogP contribution < -0.4 is 5.32 Å². The molecule has 1 saturated heterocycles. The van der Waals surface area contributed by atoms with E-state index in [1.165, 1.54) is 0 Å². The van der Waals surface area contributed by atoms with Crippen molar-refractivity contribution in [3.8, 4) is 0 Å². The van der Waals surface area contributed by atoms with Gasteiger partial charge < -0.3 is 15.2 Å². The van der Waals surface area contributed by atoms with Gasteiger partial charge in [0.25, 0.3) is 5.91 Å². The number of H-pyrrole nitrogens is 1. The summed E-state index contributed by atoms with van der Waals surface area (Å²) in [5.74, 6) is 0.560. The second kappa shape index (κ2) is 7.72. The summed E-state index contributed by atoms with van der Waals surface area (Å²) in [4.78, 5) is 29.8. The highest BCUT2D eigenvalue weighted by molar-refractivity contribution is 5.98. The molecule has 1 atom stereocenters. The van der Waals surface area contributed by atoms with E-state index in [1.54, 1.807) is 0 Å². The highest BCUT2D eigenvalue weighted by Crippen LogP contribution is 2.23. The van der Waals surface area contributed by atoms with Gasteiger partial charge >= 0.3 is 0 Å². The Bertz CT molecular complexity index is 711. The second-order valence-corrected chi connectivity index (χ2v) is 7.09. The molecular weight excluding hydrogens is 314 g/mol. The Morgan fingerprint density at radius 3 is 2.68 bits per heavy atom. The minimum absolute atomic E-state index is 0.0544. The molecule has 0 bridgehead atoms. The molecule has 2 N–H and O–H groups in total. The van der Waals surface area contributed by atoms with Crippen LogP contribution in [0.5, 0.6) is 0 Å². The summed E-state index contributed by atoms with van der Waals surface area (Å²) in [6.45, 7) is 5.53. The Kier molecular flexibility index (Phi) is 5.41. The third-order valence-corrected chi connectivity index (χ3v) is 5.16. The van der Waals surface area contributed by atoms with Gasteiger partial charge in [0.1, 0.15) is 5.69 Å². The average Bonchev–Trinajstić information content (AvgIpc) is 3.05. The van der Waals surface area contributed by atoms with Gasteiger partial charge in [0.15, 0.2) is 0 Å². The van der Waals surface area contributed by atoms with Gasteiger partial charge in [-0.15, -0.1) is 0 Å². The van der Waals surface area contributed by atoms with E-state index in [4.69, 9.17) is 0 Å². The number of aromatic amines is 1. The molecule has 134 valence electrons. The maximum Gasteiger partial charge on any atom is 0.270 e. The first-order valence-electron chi connectivity index (χ1n) is 9.23. The molecule has 0 saturated carbocycles. The van der Waals surface area contributed by atoms with Gasteiger partial charge in [-0.1, -0.05) is 25.1 Å². The van der Waals surface area contributed by atoms with Crippen LogP contribution in [0.3, 0.4) is 0 Å². The summed E-state index contributed by atoms with van der Waals surface area (Å²) in [6, 6.07) is 10.1. The third-order valence-electron chi connectivity index (χ3n) is 5.16. The Morgan fingerprint density at radius 1 is 1.28 bits per heavy atom. The summed E-state index contributed by atoms with van der Waals surface area (Å²) < 4.78 is 0. The number of hydrogen-bond acceptors (Lipinski definition) is 2. The van der Waals surface area contributed by atoms with Crippen molar-refractivity contribution in [3.05, 3.63) is 36.0 Å². The SMILES string of the molecule is CCC(C)NC(=O)CC1CCN(C(=O)c2cc3ccccc3[nH]2)CC1. The predicted octanol–water partition coefficient (Wildman–Crippen LogP) is 3.32. The fourth-order valence-electron chi connectivity index (χ4n) is 3.40. The molecule has 1 aromatic heterocycles. The molecular formula is C20H27N3O2. The molecule has 2 heterocycles. The minimum Gasteiger partial charge on any atom is -0.354 e. The molecule has 1 aliphatic rings. The Balaban J connectivity index is 1.53. The largest absolute Gasteiger partial charge is 0.354 e. The molecule has 0 spiro atoms. The van der Waals surface area contributed by atoms with Crippen LogP contribution >= 0.6 is 0 Å². The van der Waals surface area contributed by atoms with Crippen molar-refractivity contribution >= 4 is 22.7 Å². The molecule has 5 nitrogen and oxygen atoms in total. The molecule has 3 rings (SSSR count). The fourth-order valence-corrected chi connectivity index (χ4v) is 3.40. The smallest absolute Gasteiger partial charge is 0.270 e. The van der Waals surface area contributed by atoms with E-state index in [1.807, 2.05) is 42.2 Å². The lowest BCUT2D eigenvalue weighted by atomic mass is 9.93. The summed E-state index contributed by atoms with van der Waals surface area (Å²) >= 11 is 0. The number of fused-ring (bicyclic) bond motifs is 1. The summed E-state index contributed by atoms with van der Waals surface area (Å²) in [5.41, 5.74) is 1.64. The molecule has 1 aliphatic heterocycles. The fraction of sp³-hybridized carbons (Fsp3) is 0.500. The molecule has 2 aromatic rings. The Hall–Kier alpha value is -2.30. The molecule has 0 aliphatic carbocycles. The molecule has 2 amide bonds. The number of nitrogens with one attached hydrogen (secondary N) is 2. The quantitative estimate of drug-likeness (QED) is 0.876. The molecule has 1 aromatic carbocycles. The lowest BCUT2D eigenvalue weighted by Gasteiger charge is -2.31. The molecule has 25 heavy (non-hydrogen) atoms. The van der Waals surface area contributed by atoms with E-state index in [0.717, 1.165) is 43.3 Å². The van der Waals surface area contributed by atoms with E-state index in [-0.39, 0.29) is 17.9 Å². The van der Waals surface area contributed by atoms with E-state index in [2.05, 4.69) is 17.2 Å². The van der Waals surface area contributed by atoms with Crippen molar-refractivity contribution in [1.82, 2.24) is 15.2 Å². The zero-order valence-electron chi connectivity index (χ0n) is 15.0. The van der Waals surface area contributed by atoms with Crippen LogP contribution in [0.2, 0.25) is 0 Å². The molecule has 0 radical (unpaired) electrons. The Morgan fingerprint density at radius 2 is 2.00 bits per heavy atom. The van der Waals surface area contributed by atoms with Crippen LogP contribution in [0.15, 0.2) is 30.3 Å². The summed E-state index contributed by atoms with van der Waals surface area (Å²) in [5, 5.41) is 4.08. The number of likely N-dealkylation sites (tertiary alicyclic amines) is 1. The van der Waals surface area contributed by atoms with Crippen molar-refractivity contribution < 1.29 is 9.59 Å². The predicted molar refractivity (Wildman–Crippen MR) is 99.4 cm³/mol. The first-order chi connectivity index (χ1) is 12.1. The Labute approximate surface area is 148 Å². The highest BCUT2D eigenvalue weighted by atomic mass is 16.2. The number of hydrogen-bond donors (Lipinski definition) is 2. The number of carbonyl (C=O) groups is 2.